The van der Waals surface area contributed by atoms with E-state index in [0.29, 0.717) is 5.88 Å². The van der Waals surface area contributed by atoms with Crippen molar-refractivity contribution in [1.82, 2.24) is 5.32 Å². The molecule has 0 radical (unpaired) electrons. The van der Waals surface area contributed by atoms with Gasteiger partial charge < -0.3 is 11.1 Å². The van der Waals surface area contributed by atoms with Crippen LogP contribution in [0.1, 0.15) is 0 Å². The number of alkyl halides is 1. The molecule has 0 aliphatic carbocycles. The monoisotopic (exact) mass is 170 g/mol. The molecule has 1 aliphatic rings. The Bertz CT molecular complexity index is 119. The zero-order valence-electron chi connectivity index (χ0n) is 4.63. The van der Waals surface area contributed by atoms with Crippen LogP contribution in [0.25, 0.3) is 0 Å². The van der Waals surface area contributed by atoms with Gasteiger partial charge in [-0.1, -0.05) is 0 Å². The molecule has 1 fully saturated rings. The Labute approximate surface area is 64.3 Å². The second-order valence-electron chi connectivity index (χ2n) is 1.80. The third-order valence-electron chi connectivity index (χ3n) is 1.23. The molecule has 54 valence electrons. The Morgan fingerprint density at radius 3 is 2.44 bits per heavy atom. The molecule has 0 aromatic rings. The van der Waals surface area contributed by atoms with Crippen molar-refractivity contribution in [2.75, 3.05) is 5.88 Å². The molecule has 1 aliphatic heterocycles. The van der Waals surface area contributed by atoms with Gasteiger partial charge in [-0.2, -0.15) is 0 Å². The van der Waals surface area contributed by atoms with Crippen LogP contribution in [-0.2, 0) is 4.79 Å². The summed E-state index contributed by atoms with van der Waals surface area (Å²) in [5.74, 6) is 0.308. The van der Waals surface area contributed by atoms with Crippen LogP contribution in [0, 0.1) is 0 Å². The summed E-state index contributed by atoms with van der Waals surface area (Å²) in [7, 11) is 0. The fraction of sp³-hybridized carbons (Fsp3) is 0.750. The molecule has 1 saturated heterocycles. The maximum absolute atomic E-state index is 10.3. The van der Waals surface area contributed by atoms with Crippen molar-refractivity contribution in [1.29, 1.82) is 0 Å². The largest absolute Gasteiger partial charge is 0.349 e. The smallest absolute Gasteiger partial charge is 0.239 e. The first-order valence-electron chi connectivity index (χ1n) is 2.37. The molecule has 0 saturated carbocycles. The van der Waals surface area contributed by atoms with E-state index in [1.54, 1.807) is 0 Å². The van der Waals surface area contributed by atoms with Crippen LogP contribution in [0.3, 0.4) is 0 Å². The number of nitrogens with two attached hydrogens (primary N) is 1. The summed E-state index contributed by atoms with van der Waals surface area (Å²) in [5, 5.41) is 2.55. The van der Waals surface area contributed by atoms with E-state index in [9.17, 15) is 4.79 Å². The number of halogens is 2. The number of rotatable bonds is 1. The van der Waals surface area contributed by atoms with Gasteiger partial charge in [0.2, 0.25) is 5.91 Å². The summed E-state index contributed by atoms with van der Waals surface area (Å²) >= 11 is 5.37. The Balaban J connectivity index is 0.000000640. The molecule has 0 aromatic heterocycles. The van der Waals surface area contributed by atoms with Crippen molar-refractivity contribution < 1.29 is 4.79 Å². The first-order valence-corrected chi connectivity index (χ1v) is 2.91. The van der Waals surface area contributed by atoms with E-state index in [1.165, 1.54) is 0 Å². The predicted molar refractivity (Wildman–Crippen MR) is 37.9 cm³/mol. The highest BCUT2D eigenvalue weighted by atomic mass is 35.5. The highest BCUT2D eigenvalue weighted by Crippen LogP contribution is 2.03. The van der Waals surface area contributed by atoms with E-state index in [1.807, 2.05) is 0 Å². The van der Waals surface area contributed by atoms with Crippen LogP contribution in [0.15, 0.2) is 0 Å². The number of hydrogen-bond acceptors (Lipinski definition) is 2. The Kier molecular flexibility index (Phi) is 3.25. The number of nitrogens with one attached hydrogen (secondary N) is 1. The second-order valence-corrected chi connectivity index (χ2v) is 2.10. The minimum absolute atomic E-state index is 0. The highest BCUT2D eigenvalue weighted by Gasteiger charge is 2.34. The van der Waals surface area contributed by atoms with Gasteiger partial charge in [0.1, 0.15) is 6.04 Å². The van der Waals surface area contributed by atoms with E-state index in [-0.39, 0.29) is 30.4 Å². The Morgan fingerprint density at radius 1 is 1.78 bits per heavy atom. The molecule has 1 amide bonds. The first-order chi connectivity index (χ1) is 3.75. The Morgan fingerprint density at radius 2 is 2.33 bits per heavy atom. The van der Waals surface area contributed by atoms with E-state index in [2.05, 4.69) is 5.32 Å². The lowest BCUT2D eigenvalue weighted by molar-refractivity contribution is -0.129. The van der Waals surface area contributed by atoms with Gasteiger partial charge in [0.25, 0.3) is 0 Å². The van der Waals surface area contributed by atoms with Crippen molar-refractivity contribution >= 4 is 29.9 Å². The van der Waals surface area contributed by atoms with Crippen molar-refractivity contribution in [3.05, 3.63) is 0 Å². The standard InChI is InChI=1S/C4H7ClN2O.ClH/c5-1-2-3(6)4(8)7-2;/h2-3H,1,6H2,(H,7,8);1H. The van der Waals surface area contributed by atoms with Gasteiger partial charge in [0.05, 0.1) is 6.04 Å². The molecule has 3 N–H and O–H groups in total. The molecule has 5 heteroatoms. The topological polar surface area (TPSA) is 55.1 Å². The van der Waals surface area contributed by atoms with Gasteiger partial charge in [0.15, 0.2) is 0 Å². The summed E-state index contributed by atoms with van der Waals surface area (Å²) in [4.78, 5) is 10.3. The van der Waals surface area contributed by atoms with Crippen molar-refractivity contribution in [2.24, 2.45) is 5.73 Å². The van der Waals surface area contributed by atoms with Crippen LogP contribution in [0.4, 0.5) is 0 Å². The maximum atomic E-state index is 10.3. The predicted octanol–water partition coefficient (Wildman–Crippen LogP) is -0.527. The van der Waals surface area contributed by atoms with Crippen LogP contribution in [0.5, 0.6) is 0 Å². The zero-order valence-corrected chi connectivity index (χ0v) is 6.21. The van der Waals surface area contributed by atoms with Crippen LogP contribution in [-0.4, -0.2) is 23.9 Å². The SMILES string of the molecule is Cl.NC1C(=O)NC1CCl. The minimum Gasteiger partial charge on any atom is -0.349 e. The number of β-lactam (4-membered cyclic amide) rings is 1. The van der Waals surface area contributed by atoms with Gasteiger partial charge in [-0.15, -0.1) is 24.0 Å². The molecule has 1 rings (SSSR count). The van der Waals surface area contributed by atoms with Crippen LogP contribution >= 0.6 is 24.0 Å². The van der Waals surface area contributed by atoms with Gasteiger partial charge in [0, 0.05) is 5.88 Å². The van der Waals surface area contributed by atoms with Crippen LogP contribution in [0.2, 0.25) is 0 Å². The lowest BCUT2D eigenvalue weighted by Crippen LogP contribution is -2.67. The number of carbonyl (C=O) groups excluding carboxylic acids is 1. The van der Waals surface area contributed by atoms with Crippen LogP contribution < -0.4 is 11.1 Å². The van der Waals surface area contributed by atoms with Gasteiger partial charge in [-0.05, 0) is 0 Å². The number of amides is 1. The quantitative estimate of drug-likeness (QED) is 0.411. The molecule has 0 bridgehead atoms. The van der Waals surface area contributed by atoms with Gasteiger partial charge in [-0.25, -0.2) is 0 Å². The fourth-order valence-electron chi connectivity index (χ4n) is 0.590. The van der Waals surface area contributed by atoms with Crippen molar-refractivity contribution in [3.8, 4) is 0 Å². The lowest BCUT2D eigenvalue weighted by atomic mass is 10.0. The van der Waals surface area contributed by atoms with Gasteiger partial charge in [-0.3, -0.25) is 4.79 Å². The van der Waals surface area contributed by atoms with E-state index in [4.69, 9.17) is 17.3 Å². The minimum atomic E-state index is -0.368. The highest BCUT2D eigenvalue weighted by molar-refractivity contribution is 6.19. The second kappa shape index (κ2) is 3.25. The normalized spacial score (nSPS) is 32.0. The van der Waals surface area contributed by atoms with Crippen molar-refractivity contribution in [3.63, 3.8) is 0 Å². The molecule has 3 nitrogen and oxygen atoms in total. The molecule has 2 atom stereocenters. The fourth-order valence-corrected chi connectivity index (χ4v) is 0.859. The van der Waals surface area contributed by atoms with E-state index in [0.717, 1.165) is 0 Å². The lowest BCUT2D eigenvalue weighted by Gasteiger charge is -2.31. The molecule has 9 heavy (non-hydrogen) atoms. The Hall–Kier alpha value is 0.01000. The molecular formula is C4H8Cl2N2O. The molecule has 1 heterocycles. The summed E-state index contributed by atoms with van der Waals surface area (Å²) < 4.78 is 0. The number of carbonyl (C=O) groups is 1. The molecular weight excluding hydrogens is 163 g/mol. The summed E-state index contributed by atoms with van der Waals surface area (Å²) in [6, 6.07) is -0.364. The van der Waals surface area contributed by atoms with Crippen molar-refractivity contribution in [2.45, 2.75) is 12.1 Å². The summed E-state index contributed by atoms with van der Waals surface area (Å²) in [6.45, 7) is 0. The summed E-state index contributed by atoms with van der Waals surface area (Å²) in [5.41, 5.74) is 5.28. The van der Waals surface area contributed by atoms with Gasteiger partial charge >= 0.3 is 0 Å². The average Bonchev–Trinajstić information content (AvgIpc) is 1.81. The van der Waals surface area contributed by atoms with E-state index >= 15 is 0 Å². The number of hydrogen-bond donors (Lipinski definition) is 2. The van der Waals surface area contributed by atoms with E-state index < -0.39 is 0 Å². The first kappa shape index (κ1) is 9.01. The zero-order chi connectivity index (χ0) is 6.15. The maximum Gasteiger partial charge on any atom is 0.239 e. The average molecular weight is 171 g/mol. The molecule has 0 spiro atoms. The molecule has 0 aromatic carbocycles. The third-order valence-corrected chi connectivity index (χ3v) is 1.56. The molecule has 2 unspecified atom stereocenters. The third kappa shape index (κ3) is 1.47. The summed E-state index contributed by atoms with van der Waals surface area (Å²) in [6.07, 6.45) is 0.